The minimum atomic E-state index is -0.580. The fourth-order valence-corrected chi connectivity index (χ4v) is 1.88. The summed E-state index contributed by atoms with van der Waals surface area (Å²) < 4.78 is 0. The molecule has 2 amide bonds. The fourth-order valence-electron chi connectivity index (χ4n) is 1.88. The Morgan fingerprint density at radius 1 is 1.21 bits per heavy atom. The summed E-state index contributed by atoms with van der Waals surface area (Å²) in [7, 11) is 0. The van der Waals surface area contributed by atoms with E-state index in [1.807, 2.05) is 0 Å². The molecular weight excluding hydrogens is 182 g/mol. The Bertz CT molecular complexity index is 234. The number of nitrogens with zero attached hydrogens (tertiary/aromatic N) is 2. The zero-order valence-electron chi connectivity index (χ0n) is 8.15. The molecule has 0 aromatic rings. The number of hydrazone groups is 1. The number of amides is 2. The van der Waals surface area contributed by atoms with Gasteiger partial charge in [0.05, 0.1) is 0 Å². The van der Waals surface area contributed by atoms with Crippen molar-refractivity contribution < 1.29 is 4.79 Å². The molecule has 0 bridgehead atoms. The zero-order valence-corrected chi connectivity index (χ0v) is 8.15. The van der Waals surface area contributed by atoms with Crippen LogP contribution < -0.4 is 17.3 Å². The van der Waals surface area contributed by atoms with Crippen LogP contribution in [-0.4, -0.2) is 22.9 Å². The second-order valence-electron chi connectivity index (χ2n) is 3.49. The summed E-state index contributed by atoms with van der Waals surface area (Å²) in [5.74, 6) is 5.03. The Morgan fingerprint density at radius 3 is 2.21 bits per heavy atom. The number of primary amides is 1. The predicted molar refractivity (Wildman–Crippen MR) is 54.1 cm³/mol. The second-order valence-corrected chi connectivity index (χ2v) is 3.49. The first-order chi connectivity index (χ1) is 6.66. The summed E-state index contributed by atoms with van der Waals surface area (Å²) >= 11 is 0. The van der Waals surface area contributed by atoms with Gasteiger partial charge in [0.2, 0.25) is 5.96 Å². The van der Waals surface area contributed by atoms with Gasteiger partial charge in [-0.2, -0.15) is 0 Å². The van der Waals surface area contributed by atoms with Crippen LogP contribution in [0.1, 0.15) is 32.1 Å². The molecule has 1 rings (SSSR count). The monoisotopic (exact) mass is 199 g/mol. The molecule has 0 aromatic heterocycles. The van der Waals surface area contributed by atoms with Gasteiger partial charge in [-0.25, -0.2) is 4.79 Å². The summed E-state index contributed by atoms with van der Waals surface area (Å²) in [6.45, 7) is 0. The molecule has 1 aliphatic carbocycles. The highest BCUT2D eigenvalue weighted by atomic mass is 16.2. The van der Waals surface area contributed by atoms with Crippen molar-refractivity contribution in [3.05, 3.63) is 0 Å². The third-order valence-electron chi connectivity index (χ3n) is 2.56. The van der Waals surface area contributed by atoms with Crippen LogP contribution in [0.15, 0.2) is 5.10 Å². The van der Waals surface area contributed by atoms with E-state index >= 15 is 0 Å². The summed E-state index contributed by atoms with van der Waals surface area (Å²) in [6, 6.07) is -0.517. The lowest BCUT2D eigenvalue weighted by Crippen LogP contribution is -2.51. The van der Waals surface area contributed by atoms with Crippen LogP contribution >= 0.6 is 0 Å². The minimum absolute atomic E-state index is 0.00407. The van der Waals surface area contributed by atoms with Gasteiger partial charge in [0.1, 0.15) is 0 Å². The normalized spacial score (nSPS) is 19.3. The molecule has 0 atom stereocenters. The van der Waals surface area contributed by atoms with Crippen LogP contribution in [0.5, 0.6) is 0 Å². The van der Waals surface area contributed by atoms with Gasteiger partial charge in [-0.15, -0.1) is 5.10 Å². The Morgan fingerprint density at radius 2 is 1.79 bits per heavy atom. The lowest BCUT2D eigenvalue weighted by Gasteiger charge is -2.31. The standard InChI is InChI=1S/C8H17N5O/c9-7(12-11)13(8(10)14)6-4-2-1-3-5-6/h6H,1-5,11H2,(H2,9,12)(H2,10,14). The van der Waals surface area contributed by atoms with Crippen LogP contribution in [0.25, 0.3) is 0 Å². The molecule has 6 heteroatoms. The smallest absolute Gasteiger partial charge is 0.321 e. The molecule has 1 aliphatic rings. The highest BCUT2D eigenvalue weighted by Crippen LogP contribution is 2.22. The van der Waals surface area contributed by atoms with Crippen molar-refractivity contribution in [2.75, 3.05) is 0 Å². The first kappa shape index (κ1) is 10.6. The van der Waals surface area contributed by atoms with Gasteiger partial charge >= 0.3 is 6.03 Å². The largest absolute Gasteiger partial charge is 0.368 e. The predicted octanol–water partition coefficient (Wildman–Crippen LogP) is -0.112. The average Bonchev–Trinajstić information content (AvgIpc) is 2.19. The van der Waals surface area contributed by atoms with Crippen molar-refractivity contribution in [1.29, 1.82) is 0 Å². The topological polar surface area (TPSA) is 111 Å². The zero-order chi connectivity index (χ0) is 10.6. The summed E-state index contributed by atoms with van der Waals surface area (Å²) in [5, 5.41) is 3.30. The molecule has 14 heavy (non-hydrogen) atoms. The van der Waals surface area contributed by atoms with E-state index in [1.165, 1.54) is 11.3 Å². The van der Waals surface area contributed by atoms with Crippen LogP contribution in [-0.2, 0) is 0 Å². The van der Waals surface area contributed by atoms with Crippen LogP contribution in [0.2, 0.25) is 0 Å². The van der Waals surface area contributed by atoms with Gasteiger partial charge in [0.15, 0.2) is 0 Å². The van der Waals surface area contributed by atoms with E-state index < -0.39 is 6.03 Å². The second kappa shape index (κ2) is 4.69. The van der Waals surface area contributed by atoms with Crippen molar-refractivity contribution in [1.82, 2.24) is 4.90 Å². The van der Waals surface area contributed by atoms with Gasteiger partial charge in [0, 0.05) is 6.04 Å². The van der Waals surface area contributed by atoms with E-state index in [1.54, 1.807) is 0 Å². The molecule has 0 radical (unpaired) electrons. The quantitative estimate of drug-likeness (QED) is 0.237. The Kier molecular flexibility index (Phi) is 3.55. The van der Waals surface area contributed by atoms with E-state index in [0.29, 0.717) is 0 Å². The Hall–Kier alpha value is -1.46. The maximum Gasteiger partial charge on any atom is 0.321 e. The van der Waals surface area contributed by atoms with E-state index in [2.05, 4.69) is 5.10 Å². The number of hydrogen-bond donors (Lipinski definition) is 3. The highest BCUT2D eigenvalue weighted by molar-refractivity contribution is 5.94. The summed E-state index contributed by atoms with van der Waals surface area (Å²) in [6.07, 6.45) is 5.21. The molecular formula is C8H17N5O. The van der Waals surface area contributed by atoms with Crippen LogP contribution in [0.4, 0.5) is 4.79 Å². The molecule has 1 fully saturated rings. The molecule has 0 heterocycles. The summed E-state index contributed by atoms with van der Waals surface area (Å²) in [4.78, 5) is 12.4. The van der Waals surface area contributed by atoms with Gasteiger partial charge < -0.3 is 17.3 Å². The average molecular weight is 199 g/mol. The van der Waals surface area contributed by atoms with Gasteiger partial charge in [-0.05, 0) is 12.8 Å². The van der Waals surface area contributed by atoms with Gasteiger partial charge in [0.25, 0.3) is 0 Å². The van der Waals surface area contributed by atoms with Crippen molar-refractivity contribution >= 4 is 12.0 Å². The molecule has 1 saturated carbocycles. The van der Waals surface area contributed by atoms with Gasteiger partial charge in [-0.3, -0.25) is 4.90 Å². The first-order valence-electron chi connectivity index (χ1n) is 4.79. The van der Waals surface area contributed by atoms with E-state index in [9.17, 15) is 4.79 Å². The number of carbonyl (C=O) groups excluding carboxylic acids is 1. The lowest BCUT2D eigenvalue weighted by molar-refractivity contribution is 0.203. The lowest BCUT2D eigenvalue weighted by atomic mass is 9.94. The first-order valence-corrected chi connectivity index (χ1v) is 4.79. The Balaban J connectivity index is 2.70. The van der Waals surface area contributed by atoms with E-state index in [-0.39, 0.29) is 12.0 Å². The number of urea groups is 1. The maximum absolute atomic E-state index is 11.1. The number of nitrogens with two attached hydrogens (primary N) is 3. The molecule has 0 unspecified atom stereocenters. The fraction of sp³-hybridized carbons (Fsp3) is 0.750. The molecule has 0 aliphatic heterocycles. The Labute approximate surface area is 83.1 Å². The number of rotatable bonds is 1. The molecule has 0 spiro atoms. The van der Waals surface area contributed by atoms with Crippen molar-refractivity contribution in [2.45, 2.75) is 38.1 Å². The molecule has 6 nitrogen and oxygen atoms in total. The third kappa shape index (κ3) is 2.27. The van der Waals surface area contributed by atoms with Crippen molar-refractivity contribution in [3.63, 3.8) is 0 Å². The highest BCUT2D eigenvalue weighted by Gasteiger charge is 2.26. The SMILES string of the molecule is N/N=C(/N)N(C(N)=O)C1CCCCC1. The molecule has 80 valence electrons. The number of carbonyl (C=O) groups is 1. The van der Waals surface area contributed by atoms with Crippen LogP contribution in [0.3, 0.4) is 0 Å². The number of guanidine groups is 1. The van der Waals surface area contributed by atoms with E-state index in [0.717, 1.165) is 25.7 Å². The maximum atomic E-state index is 11.1. The van der Waals surface area contributed by atoms with Crippen molar-refractivity contribution in [3.8, 4) is 0 Å². The molecule has 0 aromatic carbocycles. The third-order valence-corrected chi connectivity index (χ3v) is 2.56. The number of hydrogen-bond acceptors (Lipinski definition) is 3. The van der Waals surface area contributed by atoms with Crippen LogP contribution in [0, 0.1) is 0 Å². The van der Waals surface area contributed by atoms with Crippen molar-refractivity contribution in [2.24, 2.45) is 22.4 Å². The van der Waals surface area contributed by atoms with Gasteiger partial charge in [-0.1, -0.05) is 19.3 Å². The molecule has 6 N–H and O–H groups in total. The minimum Gasteiger partial charge on any atom is -0.368 e. The van der Waals surface area contributed by atoms with E-state index in [4.69, 9.17) is 17.3 Å². The summed E-state index contributed by atoms with van der Waals surface area (Å²) in [5.41, 5.74) is 10.7. The molecule has 0 saturated heterocycles.